The molecule has 24 heavy (non-hydrogen) atoms. The molecule has 0 bridgehead atoms. The molecule has 0 spiro atoms. The highest BCUT2D eigenvalue weighted by atomic mass is 28.3. The first-order chi connectivity index (χ1) is 11.7. The Kier molecular flexibility index (Phi) is 3.06. The third-order valence-corrected chi connectivity index (χ3v) is 11.4. The fraction of sp³-hybridized carbons (Fsp3) is 0.304. The van der Waals surface area contributed by atoms with Gasteiger partial charge >= 0.3 is 0 Å². The molecule has 0 N–H and O–H groups in total. The fourth-order valence-corrected chi connectivity index (χ4v) is 10.3. The van der Waals surface area contributed by atoms with Gasteiger partial charge in [0.15, 0.2) is 0 Å². The van der Waals surface area contributed by atoms with E-state index in [9.17, 15) is 0 Å². The number of hydrogen-bond acceptors (Lipinski definition) is 0. The van der Waals surface area contributed by atoms with Crippen molar-refractivity contribution in [2.24, 2.45) is 0 Å². The van der Waals surface area contributed by atoms with Crippen LogP contribution in [0, 0.1) is 0 Å². The maximum absolute atomic E-state index is 2.61. The lowest BCUT2D eigenvalue weighted by Crippen LogP contribution is -2.08. The van der Waals surface area contributed by atoms with Gasteiger partial charge in [0, 0.05) is 11.8 Å². The number of benzene rings is 2. The third-order valence-electron chi connectivity index (χ3n) is 6.78. The van der Waals surface area contributed by atoms with Crippen molar-refractivity contribution in [1.82, 2.24) is 0 Å². The Bertz CT molecular complexity index is 858. The molecule has 1 heteroatoms. The molecular weight excluding hydrogens is 304 g/mol. The molecule has 1 saturated heterocycles. The zero-order valence-corrected chi connectivity index (χ0v) is 15.4. The molecule has 1 heterocycles. The van der Waals surface area contributed by atoms with Crippen LogP contribution in [0.3, 0.4) is 0 Å². The molecule has 0 aromatic heterocycles. The monoisotopic (exact) mass is 328 g/mol. The molecule has 3 aliphatic rings. The van der Waals surface area contributed by atoms with Crippen LogP contribution < -0.4 is 0 Å². The van der Waals surface area contributed by atoms with Crippen LogP contribution in [-0.2, 0) is 0 Å². The second-order valence-electron chi connectivity index (χ2n) is 8.30. The van der Waals surface area contributed by atoms with Crippen molar-refractivity contribution in [3.63, 3.8) is 0 Å². The molecule has 0 amide bonds. The Morgan fingerprint density at radius 1 is 0.792 bits per heavy atom. The van der Waals surface area contributed by atoms with Crippen LogP contribution in [0.5, 0.6) is 0 Å². The summed E-state index contributed by atoms with van der Waals surface area (Å²) < 4.78 is 0. The van der Waals surface area contributed by atoms with Crippen molar-refractivity contribution in [3.8, 4) is 0 Å². The van der Waals surface area contributed by atoms with Gasteiger partial charge in [0.2, 0.25) is 0 Å². The minimum absolute atomic E-state index is 0.642. The van der Waals surface area contributed by atoms with E-state index in [2.05, 4.69) is 85.9 Å². The van der Waals surface area contributed by atoms with Gasteiger partial charge in [0.25, 0.3) is 0 Å². The van der Waals surface area contributed by atoms with Gasteiger partial charge in [-0.2, -0.15) is 0 Å². The normalized spacial score (nSPS) is 31.1. The molecule has 0 radical (unpaired) electrons. The van der Waals surface area contributed by atoms with E-state index in [1.807, 2.05) is 0 Å². The predicted molar refractivity (Wildman–Crippen MR) is 106 cm³/mol. The summed E-state index contributed by atoms with van der Waals surface area (Å²) in [6, 6.07) is 17.9. The number of rotatable bonds is 3. The highest BCUT2D eigenvalue weighted by molar-refractivity contribution is 6.91. The first-order valence-electron chi connectivity index (χ1n) is 9.20. The van der Waals surface area contributed by atoms with E-state index in [0.29, 0.717) is 11.8 Å². The fourth-order valence-electron chi connectivity index (χ4n) is 5.34. The molecule has 2 aromatic rings. The second kappa shape index (κ2) is 5.06. The molecule has 1 aliphatic heterocycles. The molecule has 0 nitrogen and oxygen atoms in total. The van der Waals surface area contributed by atoms with Crippen molar-refractivity contribution in [1.29, 1.82) is 0 Å². The molecule has 2 aromatic carbocycles. The summed E-state index contributed by atoms with van der Waals surface area (Å²) in [5.41, 5.74) is 7.87. The zero-order valence-electron chi connectivity index (χ0n) is 14.4. The van der Waals surface area contributed by atoms with Crippen molar-refractivity contribution in [2.45, 2.75) is 42.4 Å². The Balaban J connectivity index is 1.39. The van der Waals surface area contributed by atoms with Crippen LogP contribution >= 0.6 is 0 Å². The maximum atomic E-state index is 2.61. The molecule has 2 aliphatic carbocycles. The van der Waals surface area contributed by atoms with Gasteiger partial charge in [-0.1, -0.05) is 85.9 Å². The smallest absolute Gasteiger partial charge is 0.0545 e. The summed E-state index contributed by atoms with van der Waals surface area (Å²) >= 11 is 0. The first kappa shape index (κ1) is 14.5. The van der Waals surface area contributed by atoms with Crippen LogP contribution in [0.15, 0.2) is 60.7 Å². The van der Waals surface area contributed by atoms with Gasteiger partial charge in [-0.25, -0.2) is 0 Å². The summed E-state index contributed by atoms with van der Waals surface area (Å²) in [5.74, 6) is 1.32. The molecule has 120 valence electrons. The van der Waals surface area contributed by atoms with E-state index in [1.165, 1.54) is 17.5 Å². The average molecular weight is 329 g/mol. The SMILES string of the molecule is C[Si]1(C)C(CC2C=Cc3ccccc32)C1C1C=Cc2ccccc21. The number of allylic oxidation sites excluding steroid dienone is 2. The minimum Gasteiger partial charge on any atom is -0.0764 e. The highest BCUT2D eigenvalue weighted by Gasteiger charge is 2.62. The quantitative estimate of drug-likeness (QED) is 0.567. The Morgan fingerprint density at radius 3 is 2.21 bits per heavy atom. The van der Waals surface area contributed by atoms with Gasteiger partial charge in [-0.05, 0) is 39.8 Å². The Hall–Kier alpha value is -1.86. The average Bonchev–Trinajstić information content (AvgIpc) is 2.98. The van der Waals surface area contributed by atoms with E-state index < -0.39 is 8.07 Å². The van der Waals surface area contributed by atoms with Crippen LogP contribution in [0.2, 0.25) is 24.2 Å². The van der Waals surface area contributed by atoms with Crippen LogP contribution in [0.1, 0.15) is 40.5 Å². The van der Waals surface area contributed by atoms with E-state index in [4.69, 9.17) is 0 Å². The topological polar surface area (TPSA) is 0 Å². The van der Waals surface area contributed by atoms with Gasteiger partial charge in [-0.3, -0.25) is 0 Å². The van der Waals surface area contributed by atoms with E-state index in [-0.39, 0.29) is 0 Å². The van der Waals surface area contributed by atoms with Crippen LogP contribution in [0.25, 0.3) is 12.2 Å². The lowest BCUT2D eigenvalue weighted by molar-refractivity contribution is 0.685. The minimum atomic E-state index is -1.13. The lowest BCUT2D eigenvalue weighted by atomic mass is 9.90. The van der Waals surface area contributed by atoms with Crippen LogP contribution in [-0.4, -0.2) is 8.07 Å². The van der Waals surface area contributed by atoms with Gasteiger partial charge in [-0.15, -0.1) is 0 Å². The van der Waals surface area contributed by atoms with Gasteiger partial charge in [0.05, 0.1) is 8.07 Å². The lowest BCUT2D eigenvalue weighted by Gasteiger charge is -2.14. The Labute approximate surface area is 145 Å². The van der Waals surface area contributed by atoms with E-state index in [0.717, 1.165) is 11.1 Å². The van der Waals surface area contributed by atoms with Crippen molar-refractivity contribution >= 4 is 20.2 Å². The largest absolute Gasteiger partial charge is 0.0764 e. The first-order valence-corrected chi connectivity index (χ1v) is 12.4. The molecule has 5 rings (SSSR count). The van der Waals surface area contributed by atoms with E-state index in [1.54, 1.807) is 11.1 Å². The summed E-state index contributed by atoms with van der Waals surface area (Å²) in [6.07, 6.45) is 11.0. The zero-order chi connectivity index (χ0) is 16.3. The summed E-state index contributed by atoms with van der Waals surface area (Å²) in [7, 11) is -1.13. The van der Waals surface area contributed by atoms with Gasteiger partial charge in [0.1, 0.15) is 0 Å². The highest BCUT2D eigenvalue weighted by Crippen LogP contribution is 2.70. The standard InChI is InChI=1S/C23H24Si/c1-24(2)22(15-18-12-11-16-7-3-5-9-19(16)18)23(24)21-14-13-17-8-4-6-10-20(17)21/h3-14,18,21-23H,15H2,1-2H3. The number of hydrogen-bond donors (Lipinski definition) is 0. The molecule has 1 fully saturated rings. The Morgan fingerprint density at radius 2 is 1.42 bits per heavy atom. The van der Waals surface area contributed by atoms with E-state index >= 15 is 0 Å². The van der Waals surface area contributed by atoms with Crippen molar-refractivity contribution in [3.05, 3.63) is 82.9 Å². The third kappa shape index (κ3) is 2.04. The molecular formula is C23H24Si. The molecule has 0 saturated carbocycles. The summed E-state index contributed by atoms with van der Waals surface area (Å²) in [6.45, 7) is 5.23. The second-order valence-corrected chi connectivity index (χ2v) is 13.3. The van der Waals surface area contributed by atoms with Gasteiger partial charge < -0.3 is 0 Å². The van der Waals surface area contributed by atoms with Crippen molar-refractivity contribution < 1.29 is 0 Å². The van der Waals surface area contributed by atoms with Crippen molar-refractivity contribution in [2.75, 3.05) is 0 Å². The maximum Gasteiger partial charge on any atom is 0.0545 e. The molecule has 4 unspecified atom stereocenters. The number of fused-ring (bicyclic) bond motifs is 2. The predicted octanol–water partition coefficient (Wildman–Crippen LogP) is 6.46. The summed E-state index contributed by atoms with van der Waals surface area (Å²) in [4.78, 5) is 0. The van der Waals surface area contributed by atoms with Crippen LogP contribution in [0.4, 0.5) is 0 Å². The summed E-state index contributed by atoms with van der Waals surface area (Å²) in [5, 5.41) is 0. The molecule has 4 atom stereocenters.